The molecule has 1 heterocycles. The van der Waals surface area contributed by atoms with Crippen LogP contribution in [0.2, 0.25) is 0 Å². The largest absolute Gasteiger partial charge is 0.343 e. The summed E-state index contributed by atoms with van der Waals surface area (Å²) in [5.74, 6) is 0.831. The van der Waals surface area contributed by atoms with Gasteiger partial charge in [-0.05, 0) is 31.6 Å². The highest BCUT2D eigenvalue weighted by Crippen LogP contribution is 2.12. The molecule has 0 saturated carbocycles. The van der Waals surface area contributed by atoms with Crippen molar-refractivity contribution >= 4 is 5.91 Å². The fourth-order valence-corrected chi connectivity index (χ4v) is 2.19. The van der Waals surface area contributed by atoms with E-state index in [0.717, 1.165) is 32.4 Å². The molecule has 1 saturated heterocycles. The van der Waals surface area contributed by atoms with Crippen molar-refractivity contribution in [1.29, 1.82) is 0 Å². The van der Waals surface area contributed by atoms with Gasteiger partial charge in [0, 0.05) is 25.6 Å². The lowest BCUT2D eigenvalue weighted by molar-refractivity contribution is -0.132. The molecular weight excluding hydrogens is 188 g/mol. The number of carbonyl (C=O) groups is 1. The zero-order valence-corrected chi connectivity index (χ0v) is 10.0. The van der Waals surface area contributed by atoms with E-state index in [0.29, 0.717) is 12.3 Å². The van der Waals surface area contributed by atoms with Crippen molar-refractivity contribution in [2.24, 2.45) is 11.7 Å². The van der Waals surface area contributed by atoms with Gasteiger partial charge in [0.2, 0.25) is 5.91 Å². The third-order valence-electron chi connectivity index (χ3n) is 2.92. The van der Waals surface area contributed by atoms with Crippen molar-refractivity contribution in [2.45, 2.75) is 52.0 Å². The number of likely N-dealkylation sites (tertiary alicyclic amines) is 1. The molecule has 1 amide bonds. The standard InChI is InChI=1S/C12H24N2O/c1-10(2)8-11(13)9-12(15)14-6-4-3-5-7-14/h10-11H,3-9,13H2,1-2H3. The second-order valence-electron chi connectivity index (χ2n) is 5.04. The van der Waals surface area contributed by atoms with Crippen molar-refractivity contribution in [3.63, 3.8) is 0 Å². The maximum absolute atomic E-state index is 11.8. The van der Waals surface area contributed by atoms with E-state index in [1.807, 2.05) is 4.90 Å². The number of nitrogens with zero attached hydrogens (tertiary/aromatic N) is 1. The molecule has 0 radical (unpaired) electrons. The number of hydrogen-bond donors (Lipinski definition) is 1. The first-order chi connectivity index (χ1) is 7.09. The molecule has 0 spiro atoms. The molecule has 88 valence electrons. The van der Waals surface area contributed by atoms with Gasteiger partial charge >= 0.3 is 0 Å². The van der Waals surface area contributed by atoms with Crippen molar-refractivity contribution in [3.8, 4) is 0 Å². The summed E-state index contributed by atoms with van der Waals surface area (Å²) in [6.07, 6.45) is 5.05. The van der Waals surface area contributed by atoms with Crippen LogP contribution in [0, 0.1) is 5.92 Å². The lowest BCUT2D eigenvalue weighted by Crippen LogP contribution is -2.39. The van der Waals surface area contributed by atoms with E-state index >= 15 is 0 Å². The fourth-order valence-electron chi connectivity index (χ4n) is 2.19. The SMILES string of the molecule is CC(C)CC(N)CC(=O)N1CCCCC1. The van der Waals surface area contributed by atoms with E-state index in [1.165, 1.54) is 6.42 Å². The average Bonchev–Trinajstić information content (AvgIpc) is 2.17. The Morgan fingerprint density at radius 3 is 2.40 bits per heavy atom. The van der Waals surface area contributed by atoms with Gasteiger partial charge in [-0.3, -0.25) is 4.79 Å². The topological polar surface area (TPSA) is 46.3 Å². The molecule has 1 aliphatic rings. The Morgan fingerprint density at radius 2 is 1.87 bits per heavy atom. The number of amides is 1. The van der Waals surface area contributed by atoms with Crippen LogP contribution in [0.5, 0.6) is 0 Å². The minimum absolute atomic E-state index is 0.0411. The highest BCUT2D eigenvalue weighted by atomic mass is 16.2. The van der Waals surface area contributed by atoms with Crippen LogP contribution in [0.3, 0.4) is 0 Å². The molecule has 1 fully saturated rings. The Hall–Kier alpha value is -0.570. The molecule has 3 heteroatoms. The number of carbonyl (C=O) groups excluding carboxylic acids is 1. The van der Waals surface area contributed by atoms with Gasteiger partial charge in [0.05, 0.1) is 0 Å². The van der Waals surface area contributed by atoms with Gasteiger partial charge in [-0.15, -0.1) is 0 Å². The van der Waals surface area contributed by atoms with E-state index in [9.17, 15) is 4.79 Å². The van der Waals surface area contributed by atoms with Crippen LogP contribution in [0.4, 0.5) is 0 Å². The Kier molecular flexibility index (Phi) is 5.09. The smallest absolute Gasteiger partial charge is 0.224 e. The minimum Gasteiger partial charge on any atom is -0.343 e. The molecule has 1 atom stereocenters. The summed E-state index contributed by atoms with van der Waals surface area (Å²) >= 11 is 0. The third kappa shape index (κ3) is 4.65. The molecule has 0 aromatic carbocycles. The van der Waals surface area contributed by atoms with Crippen LogP contribution < -0.4 is 5.73 Å². The summed E-state index contributed by atoms with van der Waals surface area (Å²) in [5, 5.41) is 0. The fraction of sp³-hybridized carbons (Fsp3) is 0.917. The molecule has 2 N–H and O–H groups in total. The van der Waals surface area contributed by atoms with Gasteiger partial charge in [-0.25, -0.2) is 0 Å². The summed E-state index contributed by atoms with van der Waals surface area (Å²) in [6.45, 7) is 6.16. The summed E-state index contributed by atoms with van der Waals surface area (Å²) in [7, 11) is 0. The van der Waals surface area contributed by atoms with Crippen LogP contribution in [0.25, 0.3) is 0 Å². The summed E-state index contributed by atoms with van der Waals surface area (Å²) in [5.41, 5.74) is 5.93. The lowest BCUT2D eigenvalue weighted by atomic mass is 10.0. The third-order valence-corrected chi connectivity index (χ3v) is 2.92. The normalized spacial score (nSPS) is 19.3. The van der Waals surface area contributed by atoms with E-state index < -0.39 is 0 Å². The first-order valence-electron chi connectivity index (χ1n) is 6.13. The van der Waals surface area contributed by atoms with E-state index in [4.69, 9.17) is 5.73 Å². The predicted octanol–water partition coefficient (Wildman–Crippen LogP) is 1.76. The van der Waals surface area contributed by atoms with Crippen molar-refractivity contribution in [3.05, 3.63) is 0 Å². The minimum atomic E-state index is 0.0411. The van der Waals surface area contributed by atoms with Crippen LogP contribution in [0.1, 0.15) is 46.0 Å². The molecule has 0 aliphatic carbocycles. The van der Waals surface area contributed by atoms with Crippen LogP contribution >= 0.6 is 0 Å². The van der Waals surface area contributed by atoms with Gasteiger partial charge in [-0.1, -0.05) is 13.8 Å². The Bertz CT molecular complexity index is 198. The summed E-state index contributed by atoms with van der Waals surface area (Å²) in [6, 6.07) is 0.0411. The number of piperidine rings is 1. The number of rotatable bonds is 4. The predicted molar refractivity (Wildman–Crippen MR) is 62.5 cm³/mol. The van der Waals surface area contributed by atoms with Crippen LogP contribution in [-0.4, -0.2) is 29.9 Å². The van der Waals surface area contributed by atoms with Crippen LogP contribution in [0.15, 0.2) is 0 Å². The highest BCUT2D eigenvalue weighted by Gasteiger charge is 2.19. The molecule has 0 aromatic rings. The monoisotopic (exact) mass is 212 g/mol. The first-order valence-corrected chi connectivity index (χ1v) is 6.13. The average molecular weight is 212 g/mol. The van der Waals surface area contributed by atoms with E-state index in [1.54, 1.807) is 0 Å². The maximum atomic E-state index is 11.8. The van der Waals surface area contributed by atoms with Crippen LogP contribution in [-0.2, 0) is 4.79 Å². The molecule has 15 heavy (non-hydrogen) atoms. The molecule has 0 aromatic heterocycles. The molecule has 0 bridgehead atoms. The maximum Gasteiger partial charge on any atom is 0.224 e. The molecular formula is C12H24N2O. The second-order valence-corrected chi connectivity index (χ2v) is 5.04. The van der Waals surface area contributed by atoms with Crippen molar-refractivity contribution < 1.29 is 4.79 Å². The van der Waals surface area contributed by atoms with Crippen molar-refractivity contribution in [2.75, 3.05) is 13.1 Å². The van der Waals surface area contributed by atoms with Gasteiger partial charge in [0.25, 0.3) is 0 Å². The van der Waals surface area contributed by atoms with Gasteiger partial charge in [0.15, 0.2) is 0 Å². The zero-order valence-electron chi connectivity index (χ0n) is 10.0. The quantitative estimate of drug-likeness (QED) is 0.772. The first kappa shape index (κ1) is 12.5. The Balaban J connectivity index is 2.27. The van der Waals surface area contributed by atoms with E-state index in [-0.39, 0.29) is 11.9 Å². The molecule has 1 unspecified atom stereocenters. The highest BCUT2D eigenvalue weighted by molar-refractivity contribution is 5.76. The van der Waals surface area contributed by atoms with Gasteiger partial charge in [-0.2, -0.15) is 0 Å². The van der Waals surface area contributed by atoms with Gasteiger partial charge in [0.1, 0.15) is 0 Å². The Labute approximate surface area is 93.0 Å². The summed E-state index contributed by atoms with van der Waals surface area (Å²) < 4.78 is 0. The molecule has 3 nitrogen and oxygen atoms in total. The summed E-state index contributed by atoms with van der Waals surface area (Å²) in [4.78, 5) is 13.8. The molecule has 1 rings (SSSR count). The second kappa shape index (κ2) is 6.11. The number of nitrogens with two attached hydrogens (primary N) is 1. The van der Waals surface area contributed by atoms with E-state index in [2.05, 4.69) is 13.8 Å². The Morgan fingerprint density at radius 1 is 1.27 bits per heavy atom. The number of hydrogen-bond acceptors (Lipinski definition) is 2. The molecule has 1 aliphatic heterocycles. The lowest BCUT2D eigenvalue weighted by Gasteiger charge is -2.28. The van der Waals surface area contributed by atoms with Gasteiger partial charge < -0.3 is 10.6 Å². The van der Waals surface area contributed by atoms with Crippen molar-refractivity contribution in [1.82, 2.24) is 4.90 Å². The zero-order chi connectivity index (χ0) is 11.3.